The smallest absolute Gasteiger partial charge is 0.151 e. The van der Waals surface area contributed by atoms with Crippen molar-refractivity contribution in [2.45, 2.75) is 12.8 Å². The van der Waals surface area contributed by atoms with E-state index < -0.39 is 0 Å². The topological polar surface area (TPSA) is 41.0 Å². The number of piperidine rings is 1. The van der Waals surface area contributed by atoms with E-state index in [-0.39, 0.29) is 0 Å². The molecule has 86 valence electrons. The van der Waals surface area contributed by atoms with Crippen LogP contribution in [-0.2, 0) is 0 Å². The Kier molecular flexibility index (Phi) is 2.75. The number of anilines is 1. The Morgan fingerprint density at radius 2 is 1.94 bits per heavy atom. The minimum atomic E-state index is 0.565. The average molecular weight is 330 g/mol. The molecule has 0 atom stereocenters. The van der Waals surface area contributed by atoms with Crippen LogP contribution in [0.15, 0.2) is 12.1 Å². The molecule has 3 rings (SSSR count). The first-order valence-electron chi connectivity index (χ1n) is 5.72. The summed E-state index contributed by atoms with van der Waals surface area (Å²) in [5.41, 5.74) is 0.565. The molecule has 3 heterocycles. The third-order valence-electron chi connectivity index (χ3n) is 3.66. The van der Waals surface area contributed by atoms with Crippen LogP contribution >= 0.6 is 22.6 Å². The van der Waals surface area contributed by atoms with E-state index in [9.17, 15) is 0 Å². The molecular formula is C11H15IN4. The molecule has 16 heavy (non-hydrogen) atoms. The van der Waals surface area contributed by atoms with Crippen molar-refractivity contribution in [3.8, 4) is 0 Å². The van der Waals surface area contributed by atoms with Crippen molar-refractivity contribution in [1.82, 2.24) is 15.5 Å². The highest BCUT2D eigenvalue weighted by Gasteiger charge is 2.43. The third kappa shape index (κ3) is 1.90. The Labute approximate surface area is 109 Å². The second-order valence-electron chi connectivity index (χ2n) is 4.82. The molecular weight excluding hydrogens is 315 g/mol. The SMILES string of the molecule is Ic1ccc(N2CC3(CCNCC3)C2)nn1. The molecule has 1 aromatic heterocycles. The van der Waals surface area contributed by atoms with E-state index in [1.165, 1.54) is 25.9 Å². The van der Waals surface area contributed by atoms with E-state index in [0.717, 1.165) is 22.6 Å². The summed E-state index contributed by atoms with van der Waals surface area (Å²) in [5, 5.41) is 11.8. The van der Waals surface area contributed by atoms with Gasteiger partial charge in [-0.2, -0.15) is 0 Å². The third-order valence-corrected chi connectivity index (χ3v) is 4.23. The van der Waals surface area contributed by atoms with Crippen molar-refractivity contribution in [3.63, 3.8) is 0 Å². The van der Waals surface area contributed by atoms with Gasteiger partial charge in [0.2, 0.25) is 0 Å². The minimum Gasteiger partial charge on any atom is -0.354 e. The van der Waals surface area contributed by atoms with E-state index in [4.69, 9.17) is 0 Å². The summed E-state index contributed by atoms with van der Waals surface area (Å²) in [4.78, 5) is 2.34. The zero-order valence-electron chi connectivity index (χ0n) is 9.12. The van der Waals surface area contributed by atoms with Gasteiger partial charge in [-0.3, -0.25) is 0 Å². The molecule has 2 aliphatic rings. The van der Waals surface area contributed by atoms with Crippen LogP contribution in [0.1, 0.15) is 12.8 Å². The lowest BCUT2D eigenvalue weighted by Crippen LogP contribution is -2.60. The predicted octanol–water partition coefficient (Wildman–Crippen LogP) is 1.27. The molecule has 0 radical (unpaired) electrons. The summed E-state index contributed by atoms with van der Waals surface area (Å²) >= 11 is 2.19. The maximum atomic E-state index is 4.23. The number of hydrogen-bond acceptors (Lipinski definition) is 4. The van der Waals surface area contributed by atoms with Gasteiger partial charge < -0.3 is 10.2 Å². The molecule has 2 fully saturated rings. The summed E-state index contributed by atoms with van der Waals surface area (Å²) < 4.78 is 0.957. The quantitative estimate of drug-likeness (QED) is 0.788. The van der Waals surface area contributed by atoms with E-state index in [1.54, 1.807) is 0 Å². The van der Waals surface area contributed by atoms with Gasteiger partial charge in [-0.25, -0.2) is 0 Å². The fraction of sp³-hybridized carbons (Fsp3) is 0.636. The molecule has 0 aliphatic carbocycles. The second kappa shape index (κ2) is 4.10. The molecule has 1 N–H and O–H groups in total. The van der Waals surface area contributed by atoms with Gasteiger partial charge in [0.25, 0.3) is 0 Å². The summed E-state index contributed by atoms with van der Waals surface area (Å²) in [6.45, 7) is 4.66. The van der Waals surface area contributed by atoms with Crippen LogP contribution in [-0.4, -0.2) is 36.4 Å². The second-order valence-corrected chi connectivity index (χ2v) is 5.93. The van der Waals surface area contributed by atoms with E-state index >= 15 is 0 Å². The molecule has 0 saturated carbocycles. The van der Waals surface area contributed by atoms with Gasteiger partial charge in [0.15, 0.2) is 5.82 Å². The number of nitrogens with one attached hydrogen (secondary N) is 1. The fourth-order valence-electron chi connectivity index (χ4n) is 2.68. The first-order valence-corrected chi connectivity index (χ1v) is 6.80. The molecule has 1 aromatic rings. The summed E-state index contributed by atoms with van der Waals surface area (Å²) in [7, 11) is 0. The van der Waals surface area contributed by atoms with Crippen molar-refractivity contribution < 1.29 is 0 Å². The Bertz CT molecular complexity index is 364. The Morgan fingerprint density at radius 1 is 1.19 bits per heavy atom. The van der Waals surface area contributed by atoms with Crippen LogP contribution in [0.3, 0.4) is 0 Å². The van der Waals surface area contributed by atoms with Crippen LogP contribution in [0.4, 0.5) is 5.82 Å². The lowest BCUT2D eigenvalue weighted by molar-refractivity contribution is 0.149. The van der Waals surface area contributed by atoms with E-state index in [2.05, 4.69) is 49.1 Å². The van der Waals surface area contributed by atoms with Gasteiger partial charge in [-0.05, 0) is 60.7 Å². The molecule has 2 aliphatic heterocycles. The first-order chi connectivity index (χ1) is 7.77. The zero-order chi connectivity index (χ0) is 11.0. The summed E-state index contributed by atoms with van der Waals surface area (Å²) in [6.07, 6.45) is 2.61. The Hall–Kier alpha value is -0.430. The molecule has 4 nitrogen and oxygen atoms in total. The number of aromatic nitrogens is 2. The number of hydrogen-bond donors (Lipinski definition) is 1. The van der Waals surface area contributed by atoms with Gasteiger partial charge >= 0.3 is 0 Å². The normalized spacial score (nSPS) is 23.2. The Balaban J connectivity index is 1.66. The minimum absolute atomic E-state index is 0.565. The largest absolute Gasteiger partial charge is 0.354 e. The number of halogens is 1. The average Bonchev–Trinajstić information content (AvgIpc) is 2.28. The van der Waals surface area contributed by atoms with Crippen LogP contribution < -0.4 is 10.2 Å². The molecule has 2 saturated heterocycles. The highest BCUT2D eigenvalue weighted by Crippen LogP contribution is 2.40. The van der Waals surface area contributed by atoms with Crippen LogP contribution in [0.25, 0.3) is 0 Å². The van der Waals surface area contributed by atoms with Crippen LogP contribution in [0, 0.1) is 9.12 Å². The predicted molar refractivity (Wildman–Crippen MR) is 71.5 cm³/mol. The van der Waals surface area contributed by atoms with Gasteiger partial charge in [0.1, 0.15) is 3.70 Å². The monoisotopic (exact) mass is 330 g/mol. The van der Waals surface area contributed by atoms with Crippen molar-refractivity contribution >= 4 is 28.4 Å². The van der Waals surface area contributed by atoms with Crippen LogP contribution in [0.2, 0.25) is 0 Å². The highest BCUT2D eigenvalue weighted by molar-refractivity contribution is 14.1. The number of nitrogens with zero attached hydrogens (tertiary/aromatic N) is 3. The maximum Gasteiger partial charge on any atom is 0.151 e. The fourth-order valence-corrected chi connectivity index (χ4v) is 2.96. The molecule has 0 unspecified atom stereocenters. The first kappa shape index (κ1) is 10.7. The molecule has 0 aromatic carbocycles. The number of rotatable bonds is 1. The van der Waals surface area contributed by atoms with E-state index in [0.29, 0.717) is 5.41 Å². The standard InChI is InChI=1S/C11H15IN4/c12-9-1-2-10(15-14-9)16-7-11(8-16)3-5-13-6-4-11/h1-2,13H,3-8H2. The van der Waals surface area contributed by atoms with Gasteiger partial charge in [-0.1, -0.05) is 0 Å². The zero-order valence-corrected chi connectivity index (χ0v) is 11.3. The van der Waals surface area contributed by atoms with Crippen molar-refractivity contribution in [3.05, 3.63) is 15.8 Å². The molecule has 5 heteroatoms. The summed E-state index contributed by atoms with van der Waals surface area (Å²) in [6, 6.07) is 4.10. The van der Waals surface area contributed by atoms with E-state index in [1.807, 2.05) is 6.07 Å². The summed E-state index contributed by atoms with van der Waals surface area (Å²) in [5.74, 6) is 1.03. The van der Waals surface area contributed by atoms with Gasteiger partial charge in [0.05, 0.1) is 0 Å². The lowest BCUT2D eigenvalue weighted by atomic mass is 9.72. The maximum absolute atomic E-state index is 4.23. The van der Waals surface area contributed by atoms with Crippen LogP contribution in [0.5, 0.6) is 0 Å². The van der Waals surface area contributed by atoms with Crippen molar-refractivity contribution in [1.29, 1.82) is 0 Å². The molecule has 0 amide bonds. The van der Waals surface area contributed by atoms with Gasteiger partial charge in [0, 0.05) is 18.5 Å². The molecule has 1 spiro atoms. The van der Waals surface area contributed by atoms with Crippen molar-refractivity contribution in [2.24, 2.45) is 5.41 Å². The van der Waals surface area contributed by atoms with Crippen molar-refractivity contribution in [2.75, 3.05) is 31.1 Å². The Morgan fingerprint density at radius 3 is 2.56 bits per heavy atom. The van der Waals surface area contributed by atoms with Gasteiger partial charge in [-0.15, -0.1) is 10.2 Å². The molecule has 0 bridgehead atoms. The highest BCUT2D eigenvalue weighted by atomic mass is 127. The lowest BCUT2D eigenvalue weighted by Gasteiger charge is -2.52.